The van der Waals surface area contributed by atoms with Crippen LogP contribution in [0.4, 0.5) is 0 Å². The molecule has 0 aromatic heterocycles. The highest BCUT2D eigenvalue weighted by Crippen LogP contribution is 2.22. The number of guanidine groups is 1. The lowest BCUT2D eigenvalue weighted by atomic mass is 10.1. The van der Waals surface area contributed by atoms with Gasteiger partial charge in [0.2, 0.25) is 0 Å². The Labute approximate surface area is 209 Å². The summed E-state index contributed by atoms with van der Waals surface area (Å²) in [5.74, 6) is 3.04. The van der Waals surface area contributed by atoms with Crippen LogP contribution in [0.2, 0.25) is 0 Å². The number of nitrogens with zero attached hydrogens (tertiary/aromatic N) is 1. The molecule has 6 nitrogen and oxygen atoms in total. The van der Waals surface area contributed by atoms with Crippen LogP contribution in [0.25, 0.3) is 0 Å². The number of aliphatic imine (C=N–C) groups is 1. The van der Waals surface area contributed by atoms with Crippen molar-refractivity contribution in [2.45, 2.75) is 46.4 Å². The van der Waals surface area contributed by atoms with Crippen LogP contribution >= 0.6 is 24.0 Å². The van der Waals surface area contributed by atoms with Gasteiger partial charge in [-0.1, -0.05) is 24.3 Å². The second kappa shape index (κ2) is 13.5. The molecule has 1 aliphatic rings. The Morgan fingerprint density at radius 1 is 1.12 bits per heavy atom. The highest BCUT2D eigenvalue weighted by molar-refractivity contribution is 14.0. The minimum Gasteiger partial charge on any atom is -0.493 e. The SMILES string of the molecule is CN=C(NCc1ccc(OC(C)C)cc1)NCc1ccc(C)cc1OCC1CCOC1.I. The normalized spacial score (nSPS) is 15.9. The third-order valence-electron chi connectivity index (χ3n) is 5.15. The van der Waals surface area contributed by atoms with Crippen LogP contribution in [0, 0.1) is 12.8 Å². The fourth-order valence-electron chi connectivity index (χ4n) is 3.41. The summed E-state index contributed by atoms with van der Waals surface area (Å²) in [4.78, 5) is 4.34. The molecule has 1 heterocycles. The highest BCUT2D eigenvalue weighted by Gasteiger charge is 2.17. The van der Waals surface area contributed by atoms with Crippen LogP contribution in [-0.2, 0) is 17.8 Å². The first kappa shape index (κ1) is 26.3. The van der Waals surface area contributed by atoms with Gasteiger partial charge in [-0.15, -0.1) is 24.0 Å². The molecule has 1 aliphatic heterocycles. The quantitative estimate of drug-likeness (QED) is 0.268. The third-order valence-corrected chi connectivity index (χ3v) is 5.15. The van der Waals surface area contributed by atoms with Crippen LogP contribution in [0.5, 0.6) is 11.5 Å². The molecule has 3 rings (SSSR count). The van der Waals surface area contributed by atoms with E-state index in [2.05, 4.69) is 52.9 Å². The Morgan fingerprint density at radius 3 is 2.53 bits per heavy atom. The van der Waals surface area contributed by atoms with Crippen molar-refractivity contribution in [1.29, 1.82) is 0 Å². The van der Waals surface area contributed by atoms with E-state index in [4.69, 9.17) is 14.2 Å². The predicted molar refractivity (Wildman–Crippen MR) is 140 cm³/mol. The van der Waals surface area contributed by atoms with E-state index in [0.29, 0.717) is 25.6 Å². The molecule has 0 amide bonds. The maximum atomic E-state index is 6.14. The monoisotopic (exact) mass is 553 g/mol. The first-order valence-corrected chi connectivity index (χ1v) is 11.0. The van der Waals surface area contributed by atoms with E-state index in [9.17, 15) is 0 Å². The van der Waals surface area contributed by atoms with Crippen molar-refractivity contribution in [2.75, 3.05) is 26.9 Å². The third kappa shape index (κ3) is 8.50. The zero-order valence-corrected chi connectivity index (χ0v) is 21.8. The summed E-state index contributed by atoms with van der Waals surface area (Å²) in [5, 5.41) is 6.76. The van der Waals surface area contributed by atoms with Crippen LogP contribution in [0.3, 0.4) is 0 Å². The molecule has 2 N–H and O–H groups in total. The second-order valence-electron chi connectivity index (χ2n) is 8.24. The lowest BCUT2D eigenvalue weighted by Crippen LogP contribution is -2.36. The summed E-state index contributed by atoms with van der Waals surface area (Å²) < 4.78 is 17.3. The summed E-state index contributed by atoms with van der Waals surface area (Å²) in [6, 6.07) is 14.5. The fraction of sp³-hybridized carbons (Fsp3) is 0.480. The van der Waals surface area contributed by atoms with Gasteiger partial charge in [0.15, 0.2) is 5.96 Å². The van der Waals surface area contributed by atoms with Gasteiger partial charge in [-0.3, -0.25) is 4.99 Å². The summed E-state index contributed by atoms with van der Waals surface area (Å²) in [7, 11) is 1.78. The average molecular weight is 553 g/mol. The molecule has 1 unspecified atom stereocenters. The number of hydrogen-bond acceptors (Lipinski definition) is 4. The minimum atomic E-state index is 0. The van der Waals surface area contributed by atoms with Crippen LogP contribution in [0.1, 0.15) is 37.0 Å². The molecule has 2 aromatic rings. The van der Waals surface area contributed by atoms with Crippen molar-refractivity contribution in [3.63, 3.8) is 0 Å². The zero-order chi connectivity index (χ0) is 22.1. The zero-order valence-electron chi connectivity index (χ0n) is 19.5. The first-order chi connectivity index (χ1) is 15.0. The fourth-order valence-corrected chi connectivity index (χ4v) is 3.41. The van der Waals surface area contributed by atoms with E-state index < -0.39 is 0 Å². The van der Waals surface area contributed by atoms with Crippen molar-refractivity contribution >= 4 is 29.9 Å². The predicted octanol–water partition coefficient (Wildman–Crippen LogP) is 4.68. The van der Waals surface area contributed by atoms with E-state index >= 15 is 0 Å². The molecule has 0 bridgehead atoms. The van der Waals surface area contributed by atoms with Crippen molar-refractivity contribution in [2.24, 2.45) is 10.9 Å². The van der Waals surface area contributed by atoms with Crippen molar-refractivity contribution in [3.05, 3.63) is 59.2 Å². The van der Waals surface area contributed by atoms with Gasteiger partial charge < -0.3 is 24.8 Å². The second-order valence-corrected chi connectivity index (χ2v) is 8.24. The molecule has 7 heteroatoms. The van der Waals surface area contributed by atoms with E-state index in [1.807, 2.05) is 26.0 Å². The molecule has 1 saturated heterocycles. The molecule has 0 spiro atoms. The maximum Gasteiger partial charge on any atom is 0.191 e. The van der Waals surface area contributed by atoms with Crippen molar-refractivity contribution < 1.29 is 14.2 Å². The van der Waals surface area contributed by atoms with Gasteiger partial charge in [0.05, 0.1) is 19.3 Å². The summed E-state index contributed by atoms with van der Waals surface area (Å²) in [6.45, 7) is 9.78. The Balaban J connectivity index is 0.00000363. The van der Waals surface area contributed by atoms with Crippen molar-refractivity contribution in [1.82, 2.24) is 10.6 Å². The Morgan fingerprint density at radius 2 is 1.88 bits per heavy atom. The standard InChI is InChI=1S/C25H35N3O3.HI/c1-18(2)31-23-9-6-20(7-10-23)14-27-25(26-4)28-15-22-8-5-19(3)13-24(22)30-17-21-11-12-29-16-21;/h5-10,13,18,21H,11-12,14-17H2,1-4H3,(H2,26,27,28);1H. The van der Waals surface area contributed by atoms with E-state index in [1.54, 1.807) is 7.05 Å². The highest BCUT2D eigenvalue weighted by atomic mass is 127. The molecule has 0 saturated carbocycles. The van der Waals surface area contributed by atoms with Gasteiger partial charge in [-0.2, -0.15) is 0 Å². The number of nitrogens with one attached hydrogen (secondary N) is 2. The van der Waals surface area contributed by atoms with Gasteiger partial charge in [0, 0.05) is 38.2 Å². The molecule has 2 aromatic carbocycles. The molecule has 176 valence electrons. The molecule has 1 fully saturated rings. The largest absolute Gasteiger partial charge is 0.493 e. The molecular formula is C25H36IN3O3. The number of rotatable bonds is 9. The van der Waals surface area contributed by atoms with Gasteiger partial charge in [-0.25, -0.2) is 0 Å². The molecule has 32 heavy (non-hydrogen) atoms. The summed E-state index contributed by atoms with van der Waals surface area (Å²) >= 11 is 0. The van der Waals surface area contributed by atoms with Crippen molar-refractivity contribution in [3.8, 4) is 11.5 Å². The number of ether oxygens (including phenoxy) is 3. The maximum absolute atomic E-state index is 6.14. The van der Waals surface area contributed by atoms with Gasteiger partial charge in [0.25, 0.3) is 0 Å². The van der Waals surface area contributed by atoms with Gasteiger partial charge >= 0.3 is 0 Å². The molecule has 1 atom stereocenters. The minimum absolute atomic E-state index is 0. The van der Waals surface area contributed by atoms with Crippen LogP contribution < -0.4 is 20.1 Å². The van der Waals surface area contributed by atoms with E-state index in [1.165, 1.54) is 5.56 Å². The lowest BCUT2D eigenvalue weighted by Gasteiger charge is -2.17. The number of aryl methyl sites for hydroxylation is 1. The smallest absolute Gasteiger partial charge is 0.191 e. The van der Waals surface area contributed by atoms with Crippen LogP contribution in [0.15, 0.2) is 47.5 Å². The van der Waals surface area contributed by atoms with Gasteiger partial charge in [0.1, 0.15) is 11.5 Å². The average Bonchev–Trinajstić information content (AvgIpc) is 3.28. The number of halogens is 1. The van der Waals surface area contributed by atoms with E-state index in [0.717, 1.165) is 48.2 Å². The number of benzene rings is 2. The molecule has 0 radical (unpaired) electrons. The van der Waals surface area contributed by atoms with E-state index in [-0.39, 0.29) is 30.1 Å². The van der Waals surface area contributed by atoms with Gasteiger partial charge in [-0.05, 0) is 56.5 Å². The van der Waals surface area contributed by atoms with Crippen LogP contribution in [-0.4, -0.2) is 38.9 Å². The topological polar surface area (TPSA) is 64.1 Å². The first-order valence-electron chi connectivity index (χ1n) is 11.0. The molecule has 0 aliphatic carbocycles. The summed E-state index contributed by atoms with van der Waals surface area (Å²) in [6.07, 6.45) is 1.25. The Kier molecular flexibility index (Phi) is 11.1. The summed E-state index contributed by atoms with van der Waals surface area (Å²) in [5.41, 5.74) is 3.47. The number of hydrogen-bond donors (Lipinski definition) is 2. The Bertz CT molecular complexity index is 850. The molecular weight excluding hydrogens is 517 g/mol. The Hall–Kier alpha value is -2.00. The lowest BCUT2D eigenvalue weighted by molar-refractivity contribution is 0.166.